The van der Waals surface area contributed by atoms with Crippen molar-refractivity contribution >= 4 is 28.8 Å². The third-order valence-electron chi connectivity index (χ3n) is 3.77. The van der Waals surface area contributed by atoms with E-state index < -0.39 is 0 Å². The molecule has 122 valence electrons. The lowest BCUT2D eigenvalue weighted by Crippen LogP contribution is -2.43. The van der Waals surface area contributed by atoms with E-state index in [1.54, 1.807) is 35.6 Å². The molecule has 4 nitrogen and oxygen atoms in total. The molecule has 0 atom stereocenters. The van der Waals surface area contributed by atoms with E-state index in [0.29, 0.717) is 23.9 Å². The number of amides is 1. The van der Waals surface area contributed by atoms with Gasteiger partial charge in [0, 0.05) is 36.3 Å². The van der Waals surface area contributed by atoms with Crippen molar-refractivity contribution in [2.24, 2.45) is 0 Å². The standard InChI is InChI=1S/C17H18ClNO3S/c18-13-1-3-14(4-2-13)21-11-17(20)19-8-5-15(6-9-19)22-16-7-10-23-12-16/h1-4,7,10,12,15H,5-6,8-9,11H2. The number of ether oxygens (including phenoxy) is 2. The Hall–Kier alpha value is -1.72. The Balaban J connectivity index is 1.42. The smallest absolute Gasteiger partial charge is 0.260 e. The van der Waals surface area contributed by atoms with E-state index in [1.807, 2.05) is 21.7 Å². The Morgan fingerprint density at radius 2 is 1.91 bits per heavy atom. The molecular formula is C17H18ClNO3S. The first-order valence-corrected chi connectivity index (χ1v) is 8.88. The second-order valence-corrected chi connectivity index (χ2v) is 6.62. The molecule has 0 saturated carbocycles. The van der Waals surface area contributed by atoms with Gasteiger partial charge in [-0.25, -0.2) is 0 Å². The largest absolute Gasteiger partial charge is 0.489 e. The number of carbonyl (C=O) groups is 1. The number of hydrogen-bond donors (Lipinski definition) is 0. The molecule has 1 aliphatic rings. The first-order valence-electron chi connectivity index (χ1n) is 7.56. The highest BCUT2D eigenvalue weighted by Gasteiger charge is 2.24. The van der Waals surface area contributed by atoms with Gasteiger partial charge >= 0.3 is 0 Å². The summed E-state index contributed by atoms with van der Waals surface area (Å²) < 4.78 is 11.4. The number of hydrogen-bond acceptors (Lipinski definition) is 4. The second kappa shape index (κ2) is 7.70. The predicted molar refractivity (Wildman–Crippen MR) is 91.5 cm³/mol. The molecule has 1 aromatic heterocycles. The van der Waals surface area contributed by atoms with E-state index in [0.717, 1.165) is 18.6 Å². The van der Waals surface area contributed by atoms with Gasteiger partial charge in [0.1, 0.15) is 17.6 Å². The third-order valence-corrected chi connectivity index (χ3v) is 4.68. The minimum absolute atomic E-state index is 0.00827. The number of likely N-dealkylation sites (tertiary alicyclic amines) is 1. The van der Waals surface area contributed by atoms with Crippen LogP contribution in [0.25, 0.3) is 0 Å². The van der Waals surface area contributed by atoms with Crippen LogP contribution in [-0.2, 0) is 4.79 Å². The van der Waals surface area contributed by atoms with Crippen molar-refractivity contribution in [1.82, 2.24) is 4.90 Å². The number of rotatable bonds is 5. The minimum atomic E-state index is 0.00827. The summed E-state index contributed by atoms with van der Waals surface area (Å²) in [5.74, 6) is 1.58. The maximum Gasteiger partial charge on any atom is 0.260 e. The summed E-state index contributed by atoms with van der Waals surface area (Å²) in [4.78, 5) is 14.0. The zero-order valence-corrected chi connectivity index (χ0v) is 14.2. The highest BCUT2D eigenvalue weighted by Crippen LogP contribution is 2.21. The van der Waals surface area contributed by atoms with Gasteiger partial charge in [-0.2, -0.15) is 0 Å². The fourth-order valence-electron chi connectivity index (χ4n) is 2.50. The normalized spacial score (nSPS) is 15.4. The lowest BCUT2D eigenvalue weighted by molar-refractivity contribution is -0.135. The van der Waals surface area contributed by atoms with Gasteiger partial charge in [0.25, 0.3) is 5.91 Å². The number of nitrogens with zero attached hydrogens (tertiary/aromatic N) is 1. The van der Waals surface area contributed by atoms with Crippen LogP contribution in [0.15, 0.2) is 41.1 Å². The zero-order chi connectivity index (χ0) is 16.1. The molecular weight excluding hydrogens is 334 g/mol. The molecule has 23 heavy (non-hydrogen) atoms. The molecule has 1 amide bonds. The van der Waals surface area contributed by atoms with Crippen molar-refractivity contribution in [3.05, 3.63) is 46.1 Å². The quantitative estimate of drug-likeness (QED) is 0.821. The molecule has 0 aliphatic carbocycles. The summed E-state index contributed by atoms with van der Waals surface area (Å²) in [7, 11) is 0. The number of thiophene rings is 1. The van der Waals surface area contributed by atoms with Gasteiger partial charge in [-0.3, -0.25) is 4.79 Å². The maximum absolute atomic E-state index is 12.2. The zero-order valence-electron chi connectivity index (χ0n) is 12.6. The van der Waals surface area contributed by atoms with Gasteiger partial charge < -0.3 is 14.4 Å². The Bertz CT molecular complexity index is 622. The average molecular weight is 352 g/mol. The molecule has 6 heteroatoms. The molecule has 0 bridgehead atoms. The van der Waals surface area contributed by atoms with E-state index in [-0.39, 0.29) is 18.6 Å². The molecule has 0 radical (unpaired) electrons. The highest BCUT2D eigenvalue weighted by molar-refractivity contribution is 7.08. The van der Waals surface area contributed by atoms with Crippen molar-refractivity contribution < 1.29 is 14.3 Å². The fraction of sp³-hybridized carbons (Fsp3) is 0.353. The molecule has 2 aromatic rings. The van der Waals surface area contributed by atoms with E-state index in [1.165, 1.54) is 0 Å². The Labute approximate surface area is 144 Å². The highest BCUT2D eigenvalue weighted by atomic mass is 35.5. The van der Waals surface area contributed by atoms with Crippen LogP contribution in [0.4, 0.5) is 0 Å². The summed E-state index contributed by atoms with van der Waals surface area (Å²) in [5.41, 5.74) is 0. The Morgan fingerprint density at radius 1 is 1.17 bits per heavy atom. The lowest BCUT2D eigenvalue weighted by atomic mass is 10.1. The van der Waals surface area contributed by atoms with Crippen molar-refractivity contribution in [2.45, 2.75) is 18.9 Å². The second-order valence-electron chi connectivity index (χ2n) is 5.40. The van der Waals surface area contributed by atoms with Gasteiger partial charge in [-0.15, -0.1) is 11.3 Å². The van der Waals surface area contributed by atoms with Crippen LogP contribution in [0.5, 0.6) is 11.5 Å². The number of halogens is 1. The Morgan fingerprint density at radius 3 is 2.57 bits per heavy atom. The van der Waals surface area contributed by atoms with E-state index >= 15 is 0 Å². The summed E-state index contributed by atoms with van der Waals surface area (Å²) in [6, 6.07) is 8.98. The van der Waals surface area contributed by atoms with Crippen LogP contribution >= 0.6 is 22.9 Å². The Kier molecular flexibility index (Phi) is 5.41. The first kappa shape index (κ1) is 16.1. The topological polar surface area (TPSA) is 38.8 Å². The van der Waals surface area contributed by atoms with Gasteiger partial charge in [0.05, 0.1) is 0 Å². The van der Waals surface area contributed by atoms with E-state index in [2.05, 4.69) is 0 Å². The van der Waals surface area contributed by atoms with Crippen molar-refractivity contribution in [1.29, 1.82) is 0 Å². The van der Waals surface area contributed by atoms with Gasteiger partial charge in [0.15, 0.2) is 6.61 Å². The summed E-state index contributed by atoms with van der Waals surface area (Å²) in [6.07, 6.45) is 1.89. The van der Waals surface area contributed by atoms with Crippen molar-refractivity contribution in [3.8, 4) is 11.5 Å². The summed E-state index contributed by atoms with van der Waals surface area (Å²) >= 11 is 7.44. The minimum Gasteiger partial charge on any atom is -0.489 e. The molecule has 1 fully saturated rings. The monoisotopic (exact) mass is 351 g/mol. The van der Waals surface area contributed by atoms with Crippen LogP contribution in [0.2, 0.25) is 5.02 Å². The van der Waals surface area contributed by atoms with Crippen LogP contribution in [-0.4, -0.2) is 36.6 Å². The fourth-order valence-corrected chi connectivity index (χ4v) is 3.19. The molecule has 0 N–H and O–H groups in total. The number of piperidine rings is 1. The van der Waals surface area contributed by atoms with Crippen molar-refractivity contribution in [2.75, 3.05) is 19.7 Å². The van der Waals surface area contributed by atoms with Crippen LogP contribution < -0.4 is 9.47 Å². The molecule has 3 rings (SSSR count). The molecule has 2 heterocycles. The maximum atomic E-state index is 12.2. The lowest BCUT2D eigenvalue weighted by Gasteiger charge is -2.32. The van der Waals surface area contributed by atoms with E-state index in [9.17, 15) is 4.79 Å². The molecule has 1 aromatic carbocycles. The molecule has 1 aliphatic heterocycles. The van der Waals surface area contributed by atoms with Gasteiger partial charge in [-0.05, 0) is 35.7 Å². The van der Waals surface area contributed by atoms with Crippen LogP contribution in [0, 0.1) is 0 Å². The van der Waals surface area contributed by atoms with E-state index in [4.69, 9.17) is 21.1 Å². The third kappa shape index (κ3) is 4.62. The number of carbonyl (C=O) groups excluding carboxylic acids is 1. The number of benzene rings is 1. The summed E-state index contributed by atoms with van der Waals surface area (Å²) in [5, 5.41) is 4.65. The van der Waals surface area contributed by atoms with Gasteiger partial charge in [0.2, 0.25) is 0 Å². The average Bonchev–Trinajstić information content (AvgIpc) is 3.08. The van der Waals surface area contributed by atoms with Crippen LogP contribution in [0.3, 0.4) is 0 Å². The SMILES string of the molecule is O=C(COc1ccc(Cl)cc1)N1CCC(Oc2ccsc2)CC1. The first-order chi connectivity index (χ1) is 11.2. The van der Waals surface area contributed by atoms with Gasteiger partial charge in [-0.1, -0.05) is 11.6 Å². The summed E-state index contributed by atoms with van der Waals surface area (Å²) in [6.45, 7) is 1.47. The van der Waals surface area contributed by atoms with Crippen molar-refractivity contribution in [3.63, 3.8) is 0 Å². The predicted octanol–water partition coefficient (Wildman–Crippen LogP) is 3.85. The van der Waals surface area contributed by atoms with Crippen LogP contribution in [0.1, 0.15) is 12.8 Å². The molecule has 1 saturated heterocycles. The molecule has 0 unspecified atom stereocenters. The molecule has 0 spiro atoms.